The van der Waals surface area contributed by atoms with E-state index >= 15 is 0 Å². The molecule has 0 atom stereocenters. The van der Waals surface area contributed by atoms with Crippen molar-refractivity contribution in [3.05, 3.63) is 40.2 Å². The van der Waals surface area contributed by atoms with Crippen LogP contribution in [0.25, 0.3) is 10.2 Å². The predicted octanol–water partition coefficient (Wildman–Crippen LogP) is 2.68. The lowest BCUT2D eigenvalue weighted by molar-refractivity contribution is -0.384. The smallest absolute Gasteiger partial charge is 0.275 e. The molecule has 2 heterocycles. The van der Waals surface area contributed by atoms with Gasteiger partial charge in [-0.15, -0.1) is 0 Å². The third-order valence-electron chi connectivity index (χ3n) is 3.34. The number of hydrogen-bond acceptors (Lipinski definition) is 7. The molecule has 1 aromatic carbocycles. The maximum atomic E-state index is 12.3. The number of nitrogens with zero attached hydrogens (tertiary/aromatic N) is 4. The van der Waals surface area contributed by atoms with Gasteiger partial charge in [0.2, 0.25) is 0 Å². The molecule has 0 aliphatic carbocycles. The highest BCUT2D eigenvalue weighted by Crippen LogP contribution is 2.36. The molecule has 9 nitrogen and oxygen atoms in total. The Labute approximate surface area is 140 Å². The summed E-state index contributed by atoms with van der Waals surface area (Å²) in [6.45, 7) is 2.45. The Bertz CT molecular complexity index is 933. The van der Waals surface area contributed by atoms with Crippen molar-refractivity contribution in [3.8, 4) is 5.75 Å². The van der Waals surface area contributed by atoms with Gasteiger partial charge in [0.15, 0.2) is 10.9 Å². The van der Waals surface area contributed by atoms with Crippen molar-refractivity contribution in [2.75, 3.05) is 12.4 Å². The van der Waals surface area contributed by atoms with Crippen molar-refractivity contribution in [1.82, 2.24) is 14.8 Å². The van der Waals surface area contributed by atoms with Gasteiger partial charge in [0.05, 0.1) is 22.8 Å². The number of benzene rings is 1. The summed E-state index contributed by atoms with van der Waals surface area (Å²) < 4.78 is 7.28. The lowest BCUT2D eigenvalue weighted by Gasteiger charge is -2.03. The van der Waals surface area contributed by atoms with Crippen LogP contribution in [-0.2, 0) is 6.54 Å². The predicted molar refractivity (Wildman–Crippen MR) is 88.7 cm³/mol. The number of nitro benzene ring substituents is 1. The lowest BCUT2D eigenvalue weighted by atomic mass is 10.3. The number of nitrogens with one attached hydrogen (secondary N) is 1. The first kappa shape index (κ1) is 15.9. The molecule has 124 valence electrons. The number of carbonyl (C=O) groups excluding carboxylic acids is 1. The molecular formula is C14H13N5O4S. The average Bonchev–Trinajstić information content (AvgIpc) is 3.19. The Morgan fingerprint density at radius 2 is 2.29 bits per heavy atom. The molecule has 0 fully saturated rings. The number of carbonyl (C=O) groups is 1. The standard InChI is InChI=1S/C14H13N5O4S/c1-3-18-9(4-5-15-18)13(20)17-14-16-12-10(23-2)6-8(19(21)22)7-11(12)24-14/h4-7H,3H2,1-2H3,(H,16,17,20). The molecule has 24 heavy (non-hydrogen) atoms. The summed E-state index contributed by atoms with van der Waals surface area (Å²) in [7, 11) is 1.41. The fraction of sp³-hybridized carbons (Fsp3) is 0.214. The molecule has 3 aromatic rings. The van der Waals surface area contributed by atoms with Crippen molar-refractivity contribution in [3.63, 3.8) is 0 Å². The second-order valence-corrected chi connectivity index (χ2v) is 5.79. The van der Waals surface area contributed by atoms with Crippen molar-refractivity contribution in [1.29, 1.82) is 0 Å². The van der Waals surface area contributed by atoms with E-state index in [1.165, 1.54) is 19.2 Å². The highest BCUT2D eigenvalue weighted by atomic mass is 32.1. The van der Waals surface area contributed by atoms with E-state index in [2.05, 4.69) is 15.4 Å². The van der Waals surface area contributed by atoms with E-state index in [1.54, 1.807) is 16.9 Å². The quantitative estimate of drug-likeness (QED) is 0.561. The van der Waals surface area contributed by atoms with Gasteiger partial charge in [0.1, 0.15) is 11.2 Å². The van der Waals surface area contributed by atoms with Gasteiger partial charge in [-0.25, -0.2) is 4.98 Å². The lowest BCUT2D eigenvalue weighted by Crippen LogP contribution is -2.17. The minimum Gasteiger partial charge on any atom is -0.494 e. The van der Waals surface area contributed by atoms with Gasteiger partial charge in [-0.3, -0.25) is 24.9 Å². The molecule has 1 N–H and O–H groups in total. The van der Waals surface area contributed by atoms with Crippen molar-refractivity contribution in [2.45, 2.75) is 13.5 Å². The molecule has 0 saturated heterocycles. The first-order valence-electron chi connectivity index (χ1n) is 6.99. The molecule has 0 spiro atoms. The summed E-state index contributed by atoms with van der Waals surface area (Å²) >= 11 is 1.14. The summed E-state index contributed by atoms with van der Waals surface area (Å²) in [5.74, 6) is -0.0589. The molecular weight excluding hydrogens is 334 g/mol. The van der Waals surface area contributed by atoms with Gasteiger partial charge in [0.25, 0.3) is 11.6 Å². The van der Waals surface area contributed by atoms with Gasteiger partial charge in [0, 0.05) is 18.8 Å². The van der Waals surface area contributed by atoms with Crippen LogP contribution in [0, 0.1) is 10.1 Å². The van der Waals surface area contributed by atoms with Crippen LogP contribution >= 0.6 is 11.3 Å². The minimum atomic E-state index is -0.500. The topological polar surface area (TPSA) is 112 Å². The van der Waals surface area contributed by atoms with Crippen LogP contribution in [0.15, 0.2) is 24.4 Å². The van der Waals surface area contributed by atoms with Crippen LogP contribution in [0.3, 0.4) is 0 Å². The number of hydrogen-bond donors (Lipinski definition) is 1. The van der Waals surface area contributed by atoms with E-state index in [4.69, 9.17) is 4.74 Å². The number of nitro groups is 1. The molecule has 0 bridgehead atoms. The Morgan fingerprint density at radius 3 is 2.96 bits per heavy atom. The summed E-state index contributed by atoms with van der Waals surface area (Å²) in [6, 6.07) is 4.32. The van der Waals surface area contributed by atoms with Gasteiger partial charge in [-0.05, 0) is 13.0 Å². The van der Waals surface area contributed by atoms with Crippen LogP contribution in [0.1, 0.15) is 17.4 Å². The second-order valence-electron chi connectivity index (χ2n) is 4.76. The number of thiazole rings is 1. The number of anilines is 1. The average molecular weight is 347 g/mol. The van der Waals surface area contributed by atoms with Crippen LogP contribution in [0.2, 0.25) is 0 Å². The monoisotopic (exact) mass is 347 g/mol. The fourth-order valence-corrected chi connectivity index (χ4v) is 3.15. The number of rotatable bonds is 5. The summed E-state index contributed by atoms with van der Waals surface area (Å²) in [4.78, 5) is 27.1. The van der Waals surface area contributed by atoms with Crippen LogP contribution in [-0.4, -0.2) is 32.7 Å². The van der Waals surface area contributed by atoms with E-state index in [9.17, 15) is 14.9 Å². The van der Waals surface area contributed by atoms with Gasteiger partial charge >= 0.3 is 0 Å². The normalized spacial score (nSPS) is 10.8. The zero-order chi connectivity index (χ0) is 17.3. The van der Waals surface area contributed by atoms with E-state index in [-0.39, 0.29) is 17.3 Å². The maximum absolute atomic E-state index is 12.3. The van der Waals surface area contributed by atoms with E-state index < -0.39 is 4.92 Å². The number of ether oxygens (including phenoxy) is 1. The summed E-state index contributed by atoms with van der Waals surface area (Å²) in [5, 5.41) is 18.0. The highest BCUT2D eigenvalue weighted by Gasteiger charge is 2.18. The number of aryl methyl sites for hydroxylation is 1. The van der Waals surface area contributed by atoms with Crippen molar-refractivity contribution in [2.24, 2.45) is 0 Å². The number of non-ortho nitro benzene ring substituents is 1. The summed E-state index contributed by atoms with van der Waals surface area (Å²) in [5.41, 5.74) is 0.784. The van der Waals surface area contributed by atoms with Crippen LogP contribution in [0.4, 0.5) is 10.8 Å². The number of aromatic nitrogens is 3. The first-order valence-corrected chi connectivity index (χ1v) is 7.81. The largest absolute Gasteiger partial charge is 0.494 e. The number of amides is 1. The molecule has 10 heteroatoms. The Balaban J connectivity index is 1.96. The van der Waals surface area contributed by atoms with Crippen molar-refractivity contribution < 1.29 is 14.5 Å². The molecule has 1 amide bonds. The third-order valence-corrected chi connectivity index (χ3v) is 4.26. The Kier molecular flexibility index (Phi) is 4.13. The SMILES string of the molecule is CCn1nccc1C(=O)Nc1nc2c(OC)cc([N+](=O)[O-])cc2s1. The molecule has 0 radical (unpaired) electrons. The number of fused-ring (bicyclic) bond motifs is 1. The molecule has 0 aliphatic heterocycles. The van der Waals surface area contributed by atoms with Gasteiger partial charge in [-0.1, -0.05) is 11.3 Å². The minimum absolute atomic E-state index is 0.0927. The van der Waals surface area contributed by atoms with E-state index in [1.807, 2.05) is 6.92 Å². The van der Waals surface area contributed by atoms with Crippen molar-refractivity contribution >= 4 is 38.3 Å². The molecule has 0 aliphatic rings. The zero-order valence-corrected chi connectivity index (χ0v) is 13.7. The van der Waals surface area contributed by atoms with Gasteiger partial charge in [-0.2, -0.15) is 5.10 Å². The Hall–Kier alpha value is -3.01. The van der Waals surface area contributed by atoms with E-state index in [0.29, 0.717) is 27.6 Å². The zero-order valence-electron chi connectivity index (χ0n) is 12.8. The molecule has 2 aromatic heterocycles. The summed E-state index contributed by atoms with van der Waals surface area (Å²) in [6.07, 6.45) is 1.54. The van der Waals surface area contributed by atoms with Gasteiger partial charge < -0.3 is 4.74 Å². The van der Waals surface area contributed by atoms with Crippen LogP contribution in [0.5, 0.6) is 5.75 Å². The number of methoxy groups -OCH3 is 1. The Morgan fingerprint density at radius 1 is 1.50 bits per heavy atom. The van der Waals surface area contributed by atoms with Crippen LogP contribution < -0.4 is 10.1 Å². The fourth-order valence-electron chi connectivity index (χ4n) is 2.24. The highest BCUT2D eigenvalue weighted by molar-refractivity contribution is 7.22. The third kappa shape index (κ3) is 2.78. The molecule has 0 saturated carbocycles. The molecule has 0 unspecified atom stereocenters. The second kappa shape index (κ2) is 6.24. The molecule has 3 rings (SSSR count). The maximum Gasteiger partial charge on any atom is 0.275 e. The van der Waals surface area contributed by atoms with E-state index in [0.717, 1.165) is 11.3 Å². The first-order chi connectivity index (χ1) is 11.5.